The SMILES string of the molecule is Cc1c(C(=O)NNC(=O)c2ccccc2Cl)oc2c1/C(=N\O)CC(C)(C)C2. The molecule has 1 aromatic heterocycles. The van der Waals surface area contributed by atoms with Gasteiger partial charge in [-0.25, -0.2) is 0 Å². The first-order valence-corrected chi connectivity index (χ1v) is 8.80. The summed E-state index contributed by atoms with van der Waals surface area (Å²) >= 11 is 5.98. The number of oxime groups is 1. The number of furan rings is 1. The largest absolute Gasteiger partial charge is 0.455 e. The summed E-state index contributed by atoms with van der Waals surface area (Å²) in [6.07, 6.45) is 1.18. The van der Waals surface area contributed by atoms with Crippen LogP contribution in [0.5, 0.6) is 0 Å². The normalized spacial score (nSPS) is 16.7. The van der Waals surface area contributed by atoms with Gasteiger partial charge in [-0.05, 0) is 30.9 Å². The van der Waals surface area contributed by atoms with E-state index in [1.165, 1.54) is 0 Å². The smallest absolute Gasteiger partial charge is 0.305 e. The Hall–Kier alpha value is -2.80. The molecule has 8 heteroatoms. The van der Waals surface area contributed by atoms with Gasteiger partial charge in [0.2, 0.25) is 0 Å². The minimum atomic E-state index is -0.600. The molecule has 1 aliphatic rings. The van der Waals surface area contributed by atoms with Gasteiger partial charge in [0.05, 0.1) is 16.3 Å². The van der Waals surface area contributed by atoms with Gasteiger partial charge in [0.1, 0.15) is 5.76 Å². The van der Waals surface area contributed by atoms with Crippen molar-refractivity contribution in [3.8, 4) is 0 Å². The summed E-state index contributed by atoms with van der Waals surface area (Å²) in [5.41, 5.74) is 6.46. The number of nitrogens with zero attached hydrogens (tertiary/aromatic N) is 1. The fraction of sp³-hybridized carbons (Fsp3) is 0.316. The maximum absolute atomic E-state index is 12.5. The fourth-order valence-electron chi connectivity index (χ4n) is 3.30. The van der Waals surface area contributed by atoms with Crippen LogP contribution in [0.15, 0.2) is 33.8 Å². The van der Waals surface area contributed by atoms with Crippen LogP contribution >= 0.6 is 11.6 Å². The van der Waals surface area contributed by atoms with Crippen LogP contribution in [0.25, 0.3) is 0 Å². The number of hydrazine groups is 1. The topological polar surface area (TPSA) is 104 Å². The van der Waals surface area contributed by atoms with Gasteiger partial charge < -0.3 is 9.62 Å². The van der Waals surface area contributed by atoms with E-state index in [1.807, 2.05) is 13.8 Å². The van der Waals surface area contributed by atoms with Crippen LogP contribution in [-0.2, 0) is 6.42 Å². The Morgan fingerprint density at radius 3 is 2.52 bits per heavy atom. The molecule has 142 valence electrons. The van der Waals surface area contributed by atoms with Crippen LogP contribution in [0.2, 0.25) is 5.02 Å². The lowest BCUT2D eigenvalue weighted by molar-refractivity contribution is 0.0828. The summed E-state index contributed by atoms with van der Waals surface area (Å²) in [5, 5.41) is 13.0. The van der Waals surface area contributed by atoms with Crippen LogP contribution in [0, 0.1) is 12.3 Å². The van der Waals surface area contributed by atoms with Crippen LogP contribution in [0.3, 0.4) is 0 Å². The van der Waals surface area contributed by atoms with Gasteiger partial charge in [0, 0.05) is 17.5 Å². The molecule has 27 heavy (non-hydrogen) atoms. The number of rotatable bonds is 2. The van der Waals surface area contributed by atoms with E-state index < -0.39 is 11.8 Å². The number of benzene rings is 1. The number of halogens is 1. The first kappa shape index (κ1) is 19.0. The highest BCUT2D eigenvalue weighted by Gasteiger charge is 2.36. The number of amides is 2. The van der Waals surface area contributed by atoms with Gasteiger partial charge in [0.15, 0.2) is 5.76 Å². The van der Waals surface area contributed by atoms with Crippen LogP contribution in [0.4, 0.5) is 0 Å². The van der Waals surface area contributed by atoms with Gasteiger partial charge in [-0.15, -0.1) is 0 Å². The zero-order valence-electron chi connectivity index (χ0n) is 15.2. The van der Waals surface area contributed by atoms with Gasteiger partial charge in [-0.1, -0.05) is 42.7 Å². The maximum atomic E-state index is 12.5. The molecule has 3 N–H and O–H groups in total. The number of carbonyl (C=O) groups is 2. The lowest BCUT2D eigenvalue weighted by Gasteiger charge is -2.28. The van der Waals surface area contributed by atoms with Crippen LogP contribution in [0.1, 0.15) is 58.1 Å². The molecule has 1 aromatic carbocycles. The zero-order chi connectivity index (χ0) is 19.8. The molecular weight excluding hydrogens is 370 g/mol. The summed E-state index contributed by atoms with van der Waals surface area (Å²) in [6.45, 7) is 5.78. The van der Waals surface area contributed by atoms with Crippen molar-refractivity contribution in [2.24, 2.45) is 10.6 Å². The second kappa shape index (κ2) is 7.08. The Morgan fingerprint density at radius 2 is 1.85 bits per heavy atom. The average molecular weight is 390 g/mol. The molecule has 7 nitrogen and oxygen atoms in total. The lowest BCUT2D eigenvalue weighted by atomic mass is 9.75. The zero-order valence-corrected chi connectivity index (χ0v) is 16.0. The minimum absolute atomic E-state index is 0.0679. The first-order chi connectivity index (χ1) is 12.7. The number of fused-ring (bicyclic) bond motifs is 1. The molecular formula is C19H20ClN3O4. The highest BCUT2D eigenvalue weighted by molar-refractivity contribution is 6.33. The van der Waals surface area contributed by atoms with Gasteiger partial charge >= 0.3 is 5.91 Å². The van der Waals surface area contributed by atoms with Crippen molar-refractivity contribution in [1.29, 1.82) is 0 Å². The predicted octanol–water partition coefficient (Wildman–Crippen LogP) is 3.47. The molecule has 2 amide bonds. The molecule has 0 saturated heterocycles. The Morgan fingerprint density at radius 1 is 1.19 bits per heavy atom. The Labute approximate surface area is 161 Å². The third kappa shape index (κ3) is 3.68. The maximum Gasteiger partial charge on any atom is 0.305 e. The monoisotopic (exact) mass is 389 g/mol. The highest BCUT2D eigenvalue weighted by atomic mass is 35.5. The van der Waals surface area contributed by atoms with E-state index >= 15 is 0 Å². The quantitative estimate of drug-likeness (QED) is 0.540. The Balaban J connectivity index is 1.80. The molecule has 0 spiro atoms. The van der Waals surface area contributed by atoms with Crippen molar-refractivity contribution in [3.05, 3.63) is 57.5 Å². The lowest BCUT2D eigenvalue weighted by Crippen LogP contribution is -2.41. The van der Waals surface area contributed by atoms with E-state index in [0.29, 0.717) is 35.4 Å². The fourth-order valence-corrected chi connectivity index (χ4v) is 3.52. The standard InChI is InChI=1S/C19H20ClN3O4/c1-10-15-13(23-26)8-19(2,3)9-14(15)27-16(10)18(25)22-21-17(24)11-6-4-5-7-12(11)20/h4-7,26H,8-9H2,1-3H3,(H,21,24)(H,22,25)/b23-13-. The van der Waals surface area contributed by atoms with Crippen molar-refractivity contribution in [3.63, 3.8) is 0 Å². The number of carbonyl (C=O) groups excluding carboxylic acids is 2. The Kier molecular flexibility index (Phi) is 4.97. The highest BCUT2D eigenvalue weighted by Crippen LogP contribution is 2.38. The molecule has 0 fully saturated rings. The van der Waals surface area contributed by atoms with Crippen molar-refractivity contribution in [2.75, 3.05) is 0 Å². The number of hydrogen-bond donors (Lipinski definition) is 3. The first-order valence-electron chi connectivity index (χ1n) is 8.42. The minimum Gasteiger partial charge on any atom is -0.455 e. The summed E-state index contributed by atoms with van der Waals surface area (Å²) in [5.74, 6) is -0.475. The molecule has 2 aromatic rings. The van der Waals surface area contributed by atoms with Gasteiger partial charge in [-0.3, -0.25) is 20.4 Å². The van der Waals surface area contributed by atoms with E-state index in [-0.39, 0.29) is 21.8 Å². The van der Waals surface area contributed by atoms with Crippen molar-refractivity contribution < 1.29 is 19.2 Å². The van der Waals surface area contributed by atoms with Crippen molar-refractivity contribution >= 4 is 29.1 Å². The van der Waals surface area contributed by atoms with E-state index in [4.69, 9.17) is 16.0 Å². The second-order valence-corrected chi connectivity index (χ2v) is 7.71. The molecule has 0 bridgehead atoms. The summed E-state index contributed by atoms with van der Waals surface area (Å²) in [7, 11) is 0. The van der Waals surface area contributed by atoms with Crippen molar-refractivity contribution in [2.45, 2.75) is 33.6 Å². The Bertz CT molecular complexity index is 946. The number of hydrogen-bond acceptors (Lipinski definition) is 5. The van der Waals surface area contributed by atoms with Gasteiger partial charge in [0.25, 0.3) is 5.91 Å². The third-order valence-electron chi connectivity index (χ3n) is 4.53. The average Bonchev–Trinajstić information content (AvgIpc) is 2.94. The van der Waals surface area contributed by atoms with E-state index in [1.54, 1.807) is 31.2 Å². The molecule has 0 radical (unpaired) electrons. The molecule has 1 aliphatic carbocycles. The molecule has 1 heterocycles. The predicted molar refractivity (Wildman–Crippen MR) is 100 cm³/mol. The molecule has 0 aliphatic heterocycles. The van der Waals surface area contributed by atoms with Crippen LogP contribution < -0.4 is 10.9 Å². The second-order valence-electron chi connectivity index (χ2n) is 7.31. The molecule has 0 saturated carbocycles. The van der Waals surface area contributed by atoms with Gasteiger partial charge in [-0.2, -0.15) is 0 Å². The molecule has 3 rings (SSSR count). The van der Waals surface area contributed by atoms with E-state index in [2.05, 4.69) is 16.0 Å². The summed E-state index contributed by atoms with van der Waals surface area (Å²) in [4.78, 5) is 24.7. The third-order valence-corrected chi connectivity index (χ3v) is 4.86. The number of nitrogens with one attached hydrogen (secondary N) is 2. The van der Waals surface area contributed by atoms with Crippen molar-refractivity contribution in [1.82, 2.24) is 10.9 Å². The van der Waals surface area contributed by atoms with Crippen LogP contribution in [-0.4, -0.2) is 22.7 Å². The molecule has 0 atom stereocenters. The molecule has 0 unspecified atom stereocenters. The van der Waals surface area contributed by atoms with E-state index in [9.17, 15) is 14.8 Å². The summed E-state index contributed by atoms with van der Waals surface area (Å²) in [6, 6.07) is 6.51. The summed E-state index contributed by atoms with van der Waals surface area (Å²) < 4.78 is 5.75. The van der Waals surface area contributed by atoms with E-state index in [0.717, 1.165) is 0 Å².